The van der Waals surface area contributed by atoms with Crippen molar-refractivity contribution in [2.75, 3.05) is 5.75 Å². The van der Waals surface area contributed by atoms with Crippen molar-refractivity contribution in [2.24, 2.45) is 0 Å². The molecule has 0 saturated heterocycles. The fourth-order valence-corrected chi connectivity index (χ4v) is 4.51. The maximum atomic E-state index is 13.3. The number of hydrogen-bond donors (Lipinski definition) is 1. The Morgan fingerprint density at radius 3 is 2.64 bits per heavy atom. The van der Waals surface area contributed by atoms with Crippen LogP contribution in [-0.4, -0.2) is 30.8 Å². The molecule has 0 fully saturated rings. The molecule has 33 heavy (non-hydrogen) atoms. The zero-order valence-corrected chi connectivity index (χ0v) is 18.7. The lowest BCUT2D eigenvalue weighted by Gasteiger charge is -2.12. The van der Waals surface area contributed by atoms with E-state index in [0.717, 1.165) is 5.56 Å². The van der Waals surface area contributed by atoms with E-state index in [-0.39, 0.29) is 23.3 Å². The average molecular weight is 460 g/mol. The number of rotatable bonds is 7. The number of fused-ring (bicyclic) bond motifs is 3. The molecule has 1 amide bonds. The van der Waals surface area contributed by atoms with Crippen LogP contribution in [0.15, 0.2) is 87.4 Å². The van der Waals surface area contributed by atoms with Crippen molar-refractivity contribution in [2.45, 2.75) is 24.7 Å². The third kappa shape index (κ3) is 4.14. The molecular formula is C24H21N5O3S. The predicted octanol–water partition coefficient (Wildman–Crippen LogP) is 3.66. The minimum atomic E-state index is -0.236. The van der Waals surface area contributed by atoms with Crippen LogP contribution < -0.4 is 10.9 Å². The molecule has 0 aliphatic carbocycles. The summed E-state index contributed by atoms with van der Waals surface area (Å²) >= 11 is 1.27. The summed E-state index contributed by atoms with van der Waals surface area (Å²) in [6.07, 6.45) is 1.58. The molecule has 1 atom stereocenters. The zero-order valence-electron chi connectivity index (χ0n) is 17.8. The molecule has 9 heteroatoms. The lowest BCUT2D eigenvalue weighted by atomic mass is 10.2. The summed E-state index contributed by atoms with van der Waals surface area (Å²) in [6.45, 7) is 2.24. The molecule has 0 bridgehead atoms. The van der Waals surface area contributed by atoms with E-state index in [0.29, 0.717) is 34.1 Å². The highest BCUT2D eigenvalue weighted by atomic mass is 32.2. The maximum Gasteiger partial charge on any atom is 0.263 e. The molecule has 3 heterocycles. The monoisotopic (exact) mass is 459 g/mol. The maximum absolute atomic E-state index is 13.3. The lowest BCUT2D eigenvalue weighted by molar-refractivity contribution is -0.119. The second-order valence-corrected chi connectivity index (χ2v) is 8.55. The first-order valence-electron chi connectivity index (χ1n) is 10.5. The fourth-order valence-electron chi connectivity index (χ4n) is 3.76. The summed E-state index contributed by atoms with van der Waals surface area (Å²) in [5, 5.41) is 12.7. The summed E-state index contributed by atoms with van der Waals surface area (Å²) in [4.78, 5) is 25.8. The Labute approximate surface area is 193 Å². The summed E-state index contributed by atoms with van der Waals surface area (Å²) in [5.41, 5.74) is 1.56. The van der Waals surface area contributed by atoms with Gasteiger partial charge in [0.05, 0.1) is 35.5 Å². The minimum absolute atomic E-state index is 0.129. The molecule has 3 aromatic heterocycles. The van der Waals surface area contributed by atoms with E-state index < -0.39 is 0 Å². The van der Waals surface area contributed by atoms with Gasteiger partial charge in [-0.25, -0.2) is 0 Å². The predicted molar refractivity (Wildman–Crippen MR) is 126 cm³/mol. The Morgan fingerprint density at radius 1 is 1.06 bits per heavy atom. The first-order valence-corrected chi connectivity index (χ1v) is 11.5. The molecule has 5 rings (SSSR count). The third-order valence-corrected chi connectivity index (χ3v) is 6.27. The number of para-hydroxylation sites is 1. The number of carbonyl (C=O) groups excluding carboxylic acids is 1. The highest BCUT2D eigenvalue weighted by Crippen LogP contribution is 2.22. The van der Waals surface area contributed by atoms with Gasteiger partial charge in [0.15, 0.2) is 5.16 Å². The van der Waals surface area contributed by atoms with Crippen molar-refractivity contribution in [1.29, 1.82) is 0 Å². The van der Waals surface area contributed by atoms with Gasteiger partial charge in [0.1, 0.15) is 5.76 Å². The van der Waals surface area contributed by atoms with Gasteiger partial charge >= 0.3 is 0 Å². The quantitative estimate of drug-likeness (QED) is 0.373. The number of aromatic nitrogens is 4. The molecule has 0 aliphatic rings. The molecule has 1 unspecified atom stereocenters. The molecule has 0 saturated carbocycles. The van der Waals surface area contributed by atoms with Crippen LogP contribution >= 0.6 is 11.8 Å². The highest BCUT2D eigenvalue weighted by molar-refractivity contribution is 7.99. The van der Waals surface area contributed by atoms with Crippen molar-refractivity contribution in [1.82, 2.24) is 24.5 Å². The summed E-state index contributed by atoms with van der Waals surface area (Å²) in [5.74, 6) is 1.13. The number of benzene rings is 2. The van der Waals surface area contributed by atoms with E-state index in [2.05, 4.69) is 15.5 Å². The number of hydrogen-bond acceptors (Lipinski definition) is 6. The second kappa shape index (κ2) is 8.95. The summed E-state index contributed by atoms with van der Waals surface area (Å²) < 4.78 is 8.80. The third-order valence-electron chi connectivity index (χ3n) is 5.34. The van der Waals surface area contributed by atoms with Crippen LogP contribution in [0.5, 0.6) is 0 Å². The van der Waals surface area contributed by atoms with Gasteiger partial charge in [-0.3, -0.25) is 18.6 Å². The van der Waals surface area contributed by atoms with Gasteiger partial charge in [0.25, 0.3) is 5.56 Å². The second-order valence-electron chi connectivity index (χ2n) is 7.61. The van der Waals surface area contributed by atoms with E-state index in [1.54, 1.807) is 23.0 Å². The molecular weight excluding hydrogens is 438 g/mol. The van der Waals surface area contributed by atoms with Gasteiger partial charge in [0, 0.05) is 0 Å². The van der Waals surface area contributed by atoms with Gasteiger partial charge in [-0.1, -0.05) is 54.2 Å². The van der Waals surface area contributed by atoms with Crippen LogP contribution in [0.1, 0.15) is 24.3 Å². The fraction of sp³-hybridized carbons (Fsp3) is 0.167. The largest absolute Gasteiger partial charge is 0.467 e. The topological polar surface area (TPSA) is 94.4 Å². The van der Waals surface area contributed by atoms with Gasteiger partial charge < -0.3 is 9.73 Å². The van der Waals surface area contributed by atoms with Crippen molar-refractivity contribution in [3.63, 3.8) is 0 Å². The SMILES string of the molecule is CC(NC(=O)CSc1nnc2n(Cc3ccccc3)c(=O)c3ccccc3n12)c1ccco1. The molecule has 0 spiro atoms. The van der Waals surface area contributed by atoms with Gasteiger partial charge in [0.2, 0.25) is 11.7 Å². The Hall–Kier alpha value is -3.85. The number of thioether (sulfide) groups is 1. The van der Waals surface area contributed by atoms with Crippen molar-refractivity contribution < 1.29 is 9.21 Å². The van der Waals surface area contributed by atoms with Crippen LogP contribution in [0.4, 0.5) is 0 Å². The lowest BCUT2D eigenvalue weighted by Crippen LogP contribution is -2.28. The van der Waals surface area contributed by atoms with E-state index in [9.17, 15) is 9.59 Å². The zero-order chi connectivity index (χ0) is 22.8. The number of carbonyl (C=O) groups is 1. The van der Waals surface area contributed by atoms with Crippen LogP contribution in [0, 0.1) is 0 Å². The molecule has 166 valence electrons. The average Bonchev–Trinajstić information content (AvgIpc) is 3.52. The molecule has 8 nitrogen and oxygen atoms in total. The van der Waals surface area contributed by atoms with E-state index >= 15 is 0 Å². The standard InChI is InChI=1S/C24H21N5O3S/c1-16(20-12-7-13-32-20)25-21(30)15-33-24-27-26-23-28(14-17-8-3-2-4-9-17)22(31)18-10-5-6-11-19(18)29(23)24/h2-13,16H,14-15H2,1H3,(H,25,30). The molecule has 1 N–H and O–H groups in total. The van der Waals surface area contributed by atoms with Crippen LogP contribution in [0.2, 0.25) is 0 Å². The van der Waals surface area contributed by atoms with Crippen molar-refractivity contribution in [3.05, 3.63) is 94.7 Å². The van der Waals surface area contributed by atoms with Gasteiger partial charge in [-0.2, -0.15) is 0 Å². The first kappa shape index (κ1) is 21.0. The van der Waals surface area contributed by atoms with Crippen LogP contribution in [-0.2, 0) is 11.3 Å². The van der Waals surface area contributed by atoms with E-state index in [1.807, 2.05) is 65.9 Å². The molecule has 0 radical (unpaired) electrons. The molecule has 5 aromatic rings. The highest BCUT2D eigenvalue weighted by Gasteiger charge is 2.18. The normalized spacial score (nSPS) is 12.3. The minimum Gasteiger partial charge on any atom is -0.467 e. The molecule has 0 aliphatic heterocycles. The molecule has 2 aromatic carbocycles. The number of amides is 1. The summed E-state index contributed by atoms with van der Waals surface area (Å²) in [7, 11) is 0. The van der Waals surface area contributed by atoms with Gasteiger partial charge in [-0.15, -0.1) is 10.2 Å². The van der Waals surface area contributed by atoms with Crippen molar-refractivity contribution >= 4 is 34.3 Å². The van der Waals surface area contributed by atoms with E-state index in [4.69, 9.17) is 4.42 Å². The number of nitrogens with one attached hydrogen (secondary N) is 1. The van der Waals surface area contributed by atoms with Crippen molar-refractivity contribution in [3.8, 4) is 0 Å². The Bertz CT molecular complexity index is 1480. The first-order chi connectivity index (χ1) is 16.1. The van der Waals surface area contributed by atoms with Crippen LogP contribution in [0.25, 0.3) is 16.7 Å². The van der Waals surface area contributed by atoms with Gasteiger partial charge in [-0.05, 0) is 36.8 Å². The number of nitrogens with zero attached hydrogens (tertiary/aromatic N) is 4. The summed E-state index contributed by atoms with van der Waals surface area (Å²) in [6, 6.07) is 20.5. The Kier molecular flexibility index (Phi) is 5.70. The van der Waals surface area contributed by atoms with Crippen LogP contribution in [0.3, 0.4) is 0 Å². The smallest absolute Gasteiger partial charge is 0.263 e. The Balaban J connectivity index is 1.48. The van der Waals surface area contributed by atoms with E-state index in [1.165, 1.54) is 11.8 Å². The Morgan fingerprint density at radius 2 is 1.85 bits per heavy atom. The number of furan rings is 1.